The molecule has 1 rings (SSSR count). The van der Waals surface area contributed by atoms with E-state index in [1.807, 2.05) is 13.0 Å². The molecule has 94 valence electrons. The third-order valence-electron chi connectivity index (χ3n) is 2.88. The van der Waals surface area contributed by atoms with E-state index >= 15 is 0 Å². The number of benzene rings is 1. The molecule has 0 spiro atoms. The standard InChI is InChI=1S/C14H22N2O/c1-11(16-12(2)14(17)15-3)9-10-13-7-5-4-6-8-13/h4-8,11-12,16H,9-10H2,1-3H3,(H,15,17). The maximum Gasteiger partial charge on any atom is 0.236 e. The molecule has 0 saturated heterocycles. The summed E-state index contributed by atoms with van der Waals surface area (Å²) < 4.78 is 0. The van der Waals surface area contributed by atoms with Crippen molar-refractivity contribution in [3.05, 3.63) is 35.9 Å². The highest BCUT2D eigenvalue weighted by molar-refractivity contribution is 5.80. The van der Waals surface area contributed by atoms with Crippen LogP contribution in [0.5, 0.6) is 0 Å². The van der Waals surface area contributed by atoms with Crippen LogP contribution in [0.4, 0.5) is 0 Å². The lowest BCUT2D eigenvalue weighted by Crippen LogP contribution is -2.44. The highest BCUT2D eigenvalue weighted by Gasteiger charge is 2.13. The fourth-order valence-corrected chi connectivity index (χ4v) is 1.83. The number of rotatable bonds is 6. The molecule has 3 nitrogen and oxygen atoms in total. The normalized spacial score (nSPS) is 14.1. The minimum atomic E-state index is -0.134. The van der Waals surface area contributed by atoms with Gasteiger partial charge in [-0.1, -0.05) is 30.3 Å². The quantitative estimate of drug-likeness (QED) is 0.787. The van der Waals surface area contributed by atoms with Gasteiger partial charge >= 0.3 is 0 Å². The van der Waals surface area contributed by atoms with Gasteiger partial charge in [-0.3, -0.25) is 4.79 Å². The fraction of sp³-hybridized carbons (Fsp3) is 0.500. The zero-order valence-corrected chi connectivity index (χ0v) is 10.9. The SMILES string of the molecule is CNC(=O)C(C)NC(C)CCc1ccccc1. The lowest BCUT2D eigenvalue weighted by Gasteiger charge is -2.18. The van der Waals surface area contributed by atoms with Gasteiger partial charge in [-0.25, -0.2) is 0 Å². The molecule has 2 unspecified atom stereocenters. The highest BCUT2D eigenvalue weighted by Crippen LogP contribution is 2.05. The Morgan fingerprint density at radius 3 is 2.47 bits per heavy atom. The van der Waals surface area contributed by atoms with Gasteiger partial charge in [0.2, 0.25) is 5.91 Å². The van der Waals surface area contributed by atoms with Crippen LogP contribution in [0.2, 0.25) is 0 Å². The van der Waals surface area contributed by atoms with Crippen molar-refractivity contribution >= 4 is 5.91 Å². The van der Waals surface area contributed by atoms with Gasteiger partial charge in [0, 0.05) is 13.1 Å². The number of likely N-dealkylation sites (N-methyl/N-ethyl adjacent to an activating group) is 1. The molecular formula is C14H22N2O. The highest BCUT2D eigenvalue weighted by atomic mass is 16.2. The predicted octanol–water partition coefficient (Wildman–Crippen LogP) is 1.73. The molecule has 0 bridgehead atoms. The summed E-state index contributed by atoms with van der Waals surface area (Å²) in [5.41, 5.74) is 1.34. The van der Waals surface area contributed by atoms with Gasteiger partial charge in [-0.2, -0.15) is 0 Å². The van der Waals surface area contributed by atoms with Gasteiger partial charge in [-0.05, 0) is 32.3 Å². The van der Waals surface area contributed by atoms with Crippen LogP contribution in [-0.2, 0) is 11.2 Å². The number of carbonyl (C=O) groups excluding carboxylic acids is 1. The molecule has 1 amide bonds. The molecule has 0 aliphatic rings. The average molecular weight is 234 g/mol. The lowest BCUT2D eigenvalue weighted by atomic mass is 10.1. The predicted molar refractivity (Wildman–Crippen MR) is 70.9 cm³/mol. The van der Waals surface area contributed by atoms with Crippen LogP contribution in [0, 0.1) is 0 Å². The van der Waals surface area contributed by atoms with Crippen LogP contribution in [0.3, 0.4) is 0 Å². The van der Waals surface area contributed by atoms with Crippen LogP contribution in [-0.4, -0.2) is 25.0 Å². The van der Waals surface area contributed by atoms with E-state index in [-0.39, 0.29) is 11.9 Å². The second-order valence-corrected chi connectivity index (χ2v) is 4.43. The van der Waals surface area contributed by atoms with E-state index in [4.69, 9.17) is 0 Å². The number of aryl methyl sites for hydroxylation is 1. The summed E-state index contributed by atoms with van der Waals surface area (Å²) in [6, 6.07) is 10.6. The van der Waals surface area contributed by atoms with Crippen molar-refractivity contribution in [3.8, 4) is 0 Å². The summed E-state index contributed by atoms with van der Waals surface area (Å²) in [4.78, 5) is 11.3. The number of amides is 1. The fourth-order valence-electron chi connectivity index (χ4n) is 1.83. The molecule has 1 aromatic carbocycles. The van der Waals surface area contributed by atoms with Crippen molar-refractivity contribution in [2.45, 2.75) is 38.8 Å². The Morgan fingerprint density at radius 1 is 1.24 bits per heavy atom. The summed E-state index contributed by atoms with van der Waals surface area (Å²) in [5, 5.41) is 5.93. The number of carbonyl (C=O) groups is 1. The minimum Gasteiger partial charge on any atom is -0.358 e. The van der Waals surface area contributed by atoms with Gasteiger partial charge in [0.25, 0.3) is 0 Å². The van der Waals surface area contributed by atoms with E-state index in [2.05, 4.69) is 41.8 Å². The molecule has 2 N–H and O–H groups in total. The monoisotopic (exact) mass is 234 g/mol. The molecule has 3 heteroatoms. The molecule has 2 atom stereocenters. The first-order valence-electron chi connectivity index (χ1n) is 6.15. The Morgan fingerprint density at radius 2 is 1.88 bits per heavy atom. The van der Waals surface area contributed by atoms with Gasteiger partial charge < -0.3 is 10.6 Å². The molecule has 0 aliphatic heterocycles. The Balaban J connectivity index is 2.30. The largest absolute Gasteiger partial charge is 0.358 e. The number of hydrogen-bond acceptors (Lipinski definition) is 2. The zero-order valence-electron chi connectivity index (χ0n) is 10.9. The van der Waals surface area contributed by atoms with E-state index in [1.165, 1.54) is 5.56 Å². The zero-order chi connectivity index (χ0) is 12.7. The van der Waals surface area contributed by atoms with E-state index in [0.29, 0.717) is 6.04 Å². The molecular weight excluding hydrogens is 212 g/mol. The van der Waals surface area contributed by atoms with Crippen molar-refractivity contribution in [1.82, 2.24) is 10.6 Å². The number of nitrogens with one attached hydrogen (secondary N) is 2. The topological polar surface area (TPSA) is 41.1 Å². The first kappa shape index (κ1) is 13.7. The summed E-state index contributed by atoms with van der Waals surface area (Å²) in [6.07, 6.45) is 2.07. The molecule has 0 aliphatic carbocycles. The van der Waals surface area contributed by atoms with Gasteiger partial charge in [0.15, 0.2) is 0 Å². The van der Waals surface area contributed by atoms with Crippen LogP contribution < -0.4 is 10.6 Å². The number of hydrogen-bond donors (Lipinski definition) is 2. The summed E-state index contributed by atoms with van der Waals surface area (Å²) in [7, 11) is 1.66. The van der Waals surface area contributed by atoms with Gasteiger partial charge in [0.1, 0.15) is 0 Å². The maximum atomic E-state index is 11.3. The Bertz CT molecular complexity index is 337. The van der Waals surface area contributed by atoms with Crippen LogP contribution >= 0.6 is 0 Å². The van der Waals surface area contributed by atoms with Crippen molar-refractivity contribution in [3.63, 3.8) is 0 Å². The smallest absolute Gasteiger partial charge is 0.236 e. The first-order valence-corrected chi connectivity index (χ1v) is 6.15. The van der Waals surface area contributed by atoms with Crippen molar-refractivity contribution in [2.24, 2.45) is 0 Å². The van der Waals surface area contributed by atoms with Gasteiger partial charge in [-0.15, -0.1) is 0 Å². The summed E-state index contributed by atoms with van der Waals surface area (Å²) in [6.45, 7) is 4.00. The second kappa shape index (κ2) is 7.07. The van der Waals surface area contributed by atoms with E-state index in [9.17, 15) is 4.79 Å². The molecule has 0 heterocycles. The van der Waals surface area contributed by atoms with Crippen molar-refractivity contribution in [2.75, 3.05) is 7.05 Å². The van der Waals surface area contributed by atoms with Crippen molar-refractivity contribution in [1.29, 1.82) is 0 Å². The summed E-state index contributed by atoms with van der Waals surface area (Å²) in [5.74, 6) is 0.0385. The van der Waals surface area contributed by atoms with E-state index in [1.54, 1.807) is 7.05 Å². The van der Waals surface area contributed by atoms with E-state index < -0.39 is 0 Å². The molecule has 0 saturated carbocycles. The molecule has 0 radical (unpaired) electrons. The molecule has 0 aromatic heterocycles. The third kappa shape index (κ3) is 5.00. The molecule has 17 heavy (non-hydrogen) atoms. The lowest BCUT2D eigenvalue weighted by molar-refractivity contribution is -0.122. The van der Waals surface area contributed by atoms with Crippen LogP contribution in [0.25, 0.3) is 0 Å². The van der Waals surface area contributed by atoms with Gasteiger partial charge in [0.05, 0.1) is 6.04 Å². The maximum absolute atomic E-state index is 11.3. The Hall–Kier alpha value is -1.35. The second-order valence-electron chi connectivity index (χ2n) is 4.43. The third-order valence-corrected chi connectivity index (χ3v) is 2.88. The average Bonchev–Trinajstić information content (AvgIpc) is 2.36. The summed E-state index contributed by atoms with van der Waals surface area (Å²) >= 11 is 0. The Labute approximate surface area is 104 Å². The minimum absolute atomic E-state index is 0.0385. The van der Waals surface area contributed by atoms with Crippen LogP contribution in [0.15, 0.2) is 30.3 Å². The first-order chi connectivity index (χ1) is 8.13. The molecule has 0 fully saturated rings. The van der Waals surface area contributed by atoms with Crippen LogP contribution in [0.1, 0.15) is 25.8 Å². The Kier molecular flexibility index (Phi) is 5.70. The van der Waals surface area contributed by atoms with E-state index in [0.717, 1.165) is 12.8 Å². The van der Waals surface area contributed by atoms with Crippen molar-refractivity contribution < 1.29 is 4.79 Å². The molecule has 1 aromatic rings.